The average molecular weight is 231 g/mol. The first-order chi connectivity index (χ1) is 8.33. The molecule has 0 radical (unpaired) electrons. The van der Waals surface area contributed by atoms with E-state index in [2.05, 4.69) is 30.4 Å². The third-order valence-electron chi connectivity index (χ3n) is 4.06. The van der Waals surface area contributed by atoms with Gasteiger partial charge in [-0.15, -0.1) is 0 Å². The Morgan fingerprint density at radius 3 is 3.12 bits per heavy atom. The van der Waals surface area contributed by atoms with Crippen molar-refractivity contribution in [1.29, 1.82) is 0 Å². The Labute approximate surface area is 103 Å². The van der Waals surface area contributed by atoms with Gasteiger partial charge < -0.3 is 10.1 Å². The van der Waals surface area contributed by atoms with Crippen LogP contribution in [0.15, 0.2) is 18.2 Å². The fourth-order valence-corrected chi connectivity index (χ4v) is 3.12. The van der Waals surface area contributed by atoms with Crippen molar-refractivity contribution in [3.05, 3.63) is 29.3 Å². The Morgan fingerprint density at radius 1 is 1.35 bits per heavy atom. The highest BCUT2D eigenvalue weighted by Gasteiger charge is 2.25. The van der Waals surface area contributed by atoms with Crippen LogP contribution in [0.3, 0.4) is 0 Å². The monoisotopic (exact) mass is 231 g/mol. The van der Waals surface area contributed by atoms with Crippen LogP contribution < -0.4 is 10.1 Å². The van der Waals surface area contributed by atoms with Crippen LogP contribution >= 0.6 is 0 Å². The maximum atomic E-state index is 5.78. The van der Waals surface area contributed by atoms with Crippen molar-refractivity contribution in [2.45, 2.75) is 44.6 Å². The van der Waals surface area contributed by atoms with Crippen LogP contribution in [-0.4, -0.2) is 19.2 Å². The van der Waals surface area contributed by atoms with Crippen molar-refractivity contribution >= 4 is 0 Å². The van der Waals surface area contributed by atoms with Gasteiger partial charge in [-0.2, -0.15) is 0 Å². The molecule has 2 heterocycles. The molecule has 1 saturated heterocycles. The molecule has 1 aromatic rings. The van der Waals surface area contributed by atoms with Gasteiger partial charge in [0, 0.05) is 6.04 Å². The summed E-state index contributed by atoms with van der Waals surface area (Å²) in [6.45, 7) is 4.22. The molecule has 2 nitrogen and oxygen atoms in total. The number of rotatable bonds is 2. The lowest BCUT2D eigenvalue weighted by Gasteiger charge is -2.28. The Bertz CT molecular complexity index is 396. The molecule has 1 fully saturated rings. The van der Waals surface area contributed by atoms with Gasteiger partial charge in [0.15, 0.2) is 0 Å². The van der Waals surface area contributed by atoms with Crippen molar-refractivity contribution in [2.24, 2.45) is 0 Å². The predicted octanol–water partition coefficient (Wildman–Crippen LogP) is 3.00. The fraction of sp³-hybridized carbons (Fsp3) is 0.600. The highest BCUT2D eigenvalue weighted by atomic mass is 16.5. The summed E-state index contributed by atoms with van der Waals surface area (Å²) in [5, 5.41) is 3.61. The van der Waals surface area contributed by atoms with Gasteiger partial charge in [-0.1, -0.05) is 12.1 Å². The molecule has 0 amide bonds. The smallest absolute Gasteiger partial charge is 0.123 e. The average Bonchev–Trinajstić information content (AvgIpc) is 2.82. The summed E-state index contributed by atoms with van der Waals surface area (Å²) in [6, 6.07) is 7.39. The number of nitrogens with one attached hydrogen (secondary N) is 1. The van der Waals surface area contributed by atoms with Crippen LogP contribution in [0, 0.1) is 6.92 Å². The van der Waals surface area contributed by atoms with E-state index in [1.54, 1.807) is 0 Å². The summed E-state index contributed by atoms with van der Waals surface area (Å²) in [6.07, 6.45) is 5.14. The minimum absolute atomic E-state index is 0.690. The molecule has 17 heavy (non-hydrogen) atoms. The summed E-state index contributed by atoms with van der Waals surface area (Å²) in [7, 11) is 0. The Hall–Kier alpha value is -1.02. The van der Waals surface area contributed by atoms with Gasteiger partial charge in [0.2, 0.25) is 0 Å². The fourth-order valence-electron chi connectivity index (χ4n) is 3.12. The summed E-state index contributed by atoms with van der Waals surface area (Å²) in [5.41, 5.74) is 2.72. The topological polar surface area (TPSA) is 21.3 Å². The molecule has 0 aliphatic carbocycles. The third kappa shape index (κ3) is 2.32. The molecule has 0 aromatic heterocycles. The maximum Gasteiger partial charge on any atom is 0.123 e. The largest absolute Gasteiger partial charge is 0.493 e. The van der Waals surface area contributed by atoms with E-state index in [0.29, 0.717) is 5.92 Å². The van der Waals surface area contributed by atoms with Crippen LogP contribution in [0.25, 0.3) is 0 Å². The van der Waals surface area contributed by atoms with Crippen molar-refractivity contribution in [2.75, 3.05) is 13.2 Å². The van der Waals surface area contributed by atoms with Crippen LogP contribution in [0.1, 0.15) is 42.7 Å². The molecule has 1 aromatic carbocycles. The molecule has 2 unspecified atom stereocenters. The molecular weight excluding hydrogens is 210 g/mol. The van der Waals surface area contributed by atoms with Crippen molar-refractivity contribution < 1.29 is 4.74 Å². The molecule has 2 aliphatic heterocycles. The zero-order valence-corrected chi connectivity index (χ0v) is 10.5. The van der Waals surface area contributed by atoms with E-state index in [0.717, 1.165) is 18.4 Å². The molecule has 92 valence electrons. The van der Waals surface area contributed by atoms with E-state index in [1.165, 1.54) is 43.4 Å². The molecular formula is C15H21NO. The van der Waals surface area contributed by atoms with Gasteiger partial charge in [-0.25, -0.2) is 0 Å². The minimum Gasteiger partial charge on any atom is -0.493 e. The second-order valence-corrected chi connectivity index (χ2v) is 5.40. The van der Waals surface area contributed by atoms with Crippen LogP contribution in [0.5, 0.6) is 5.75 Å². The van der Waals surface area contributed by atoms with E-state index in [1.807, 2.05) is 0 Å². The second kappa shape index (κ2) is 4.69. The molecule has 2 atom stereocenters. The number of hydrogen-bond acceptors (Lipinski definition) is 2. The summed E-state index contributed by atoms with van der Waals surface area (Å²) in [4.78, 5) is 0. The van der Waals surface area contributed by atoms with E-state index >= 15 is 0 Å². The second-order valence-electron chi connectivity index (χ2n) is 5.40. The lowest BCUT2D eigenvalue weighted by atomic mass is 9.86. The van der Waals surface area contributed by atoms with Crippen molar-refractivity contribution in [3.63, 3.8) is 0 Å². The van der Waals surface area contributed by atoms with Gasteiger partial charge in [-0.3, -0.25) is 0 Å². The first-order valence-corrected chi connectivity index (χ1v) is 6.79. The lowest BCUT2D eigenvalue weighted by Crippen LogP contribution is -2.26. The summed E-state index contributed by atoms with van der Waals surface area (Å²) < 4.78 is 5.78. The van der Waals surface area contributed by atoms with Crippen molar-refractivity contribution in [1.82, 2.24) is 5.32 Å². The van der Waals surface area contributed by atoms with E-state index in [-0.39, 0.29) is 0 Å². The number of fused-ring (bicyclic) bond motifs is 1. The first-order valence-electron chi connectivity index (χ1n) is 6.79. The molecule has 3 rings (SSSR count). The quantitative estimate of drug-likeness (QED) is 0.845. The van der Waals surface area contributed by atoms with Gasteiger partial charge in [0.1, 0.15) is 5.75 Å². The maximum absolute atomic E-state index is 5.78. The molecule has 0 bridgehead atoms. The third-order valence-corrected chi connectivity index (χ3v) is 4.06. The minimum atomic E-state index is 0.690. The Morgan fingerprint density at radius 2 is 2.29 bits per heavy atom. The van der Waals surface area contributed by atoms with Gasteiger partial charge >= 0.3 is 0 Å². The van der Waals surface area contributed by atoms with Gasteiger partial charge in [0.05, 0.1) is 6.61 Å². The van der Waals surface area contributed by atoms with Crippen LogP contribution in [0.2, 0.25) is 0 Å². The molecule has 1 N–H and O–H groups in total. The van der Waals surface area contributed by atoms with Crippen LogP contribution in [0.4, 0.5) is 0 Å². The Kier molecular flexibility index (Phi) is 3.06. The number of hydrogen-bond donors (Lipinski definition) is 1. The van der Waals surface area contributed by atoms with E-state index in [9.17, 15) is 0 Å². The van der Waals surface area contributed by atoms with Gasteiger partial charge in [-0.05, 0) is 62.3 Å². The number of aryl methyl sites for hydroxylation is 1. The predicted molar refractivity (Wildman–Crippen MR) is 69.7 cm³/mol. The molecule has 2 heteroatoms. The zero-order valence-electron chi connectivity index (χ0n) is 10.5. The van der Waals surface area contributed by atoms with Crippen molar-refractivity contribution in [3.8, 4) is 5.75 Å². The van der Waals surface area contributed by atoms with E-state index < -0.39 is 0 Å². The SMILES string of the molecule is Cc1ccc2c(c1)OCCC2CC1CCCN1. The first kappa shape index (κ1) is 11.1. The van der Waals surface area contributed by atoms with Crippen LogP contribution in [-0.2, 0) is 0 Å². The Balaban J connectivity index is 1.78. The molecule has 2 aliphatic rings. The standard InChI is InChI=1S/C15H21NO/c1-11-4-5-14-12(6-8-17-15(14)9-11)10-13-3-2-7-16-13/h4-5,9,12-13,16H,2-3,6-8,10H2,1H3. The molecule has 0 spiro atoms. The number of ether oxygens (including phenoxy) is 1. The highest BCUT2D eigenvalue weighted by molar-refractivity contribution is 5.40. The molecule has 0 saturated carbocycles. The van der Waals surface area contributed by atoms with E-state index in [4.69, 9.17) is 4.74 Å². The number of benzene rings is 1. The highest BCUT2D eigenvalue weighted by Crippen LogP contribution is 2.37. The summed E-state index contributed by atoms with van der Waals surface area (Å²) >= 11 is 0. The van der Waals surface area contributed by atoms with Gasteiger partial charge in [0.25, 0.3) is 0 Å². The lowest BCUT2D eigenvalue weighted by molar-refractivity contribution is 0.257. The summed E-state index contributed by atoms with van der Waals surface area (Å²) in [5.74, 6) is 1.81. The zero-order chi connectivity index (χ0) is 11.7. The normalized spacial score (nSPS) is 27.6.